The molecule has 28 heavy (non-hydrogen) atoms. The van der Waals surface area contributed by atoms with Crippen LogP contribution in [0.25, 0.3) is 44.1 Å². The second kappa shape index (κ2) is 5.59. The van der Waals surface area contributed by atoms with Crippen LogP contribution in [0.5, 0.6) is 0 Å². The highest BCUT2D eigenvalue weighted by Gasteiger charge is 2.23. The van der Waals surface area contributed by atoms with Crippen LogP contribution in [0.2, 0.25) is 0 Å². The second-order valence-electron chi connectivity index (χ2n) is 7.95. The highest BCUT2D eigenvalue weighted by Crippen LogP contribution is 2.45. The molecule has 1 nitrogen and oxygen atoms in total. The zero-order valence-electron chi connectivity index (χ0n) is 16.1. The topological polar surface area (TPSA) is 15.8 Å². The van der Waals surface area contributed by atoms with Gasteiger partial charge in [0.05, 0.1) is 5.52 Å². The fraction of sp³-hybridized carbons (Fsp3) is 0.111. The summed E-state index contributed by atoms with van der Waals surface area (Å²) in [5.41, 5.74) is 13.6. The number of aromatic nitrogens is 1. The maximum atomic E-state index is 3.73. The minimum absolute atomic E-state index is 1.01. The molecule has 134 valence electrons. The maximum Gasteiger partial charge on any atom is 0.0547 e. The molecular formula is C27H21N. The largest absolute Gasteiger partial charge is 0.354 e. The van der Waals surface area contributed by atoms with Crippen molar-refractivity contribution in [3.05, 3.63) is 95.1 Å². The van der Waals surface area contributed by atoms with Gasteiger partial charge in [-0.05, 0) is 71.3 Å². The van der Waals surface area contributed by atoms with E-state index in [0.29, 0.717) is 0 Å². The first-order chi connectivity index (χ1) is 13.7. The first-order valence-corrected chi connectivity index (χ1v) is 9.93. The first-order valence-electron chi connectivity index (χ1n) is 9.93. The van der Waals surface area contributed by atoms with Gasteiger partial charge < -0.3 is 4.98 Å². The molecule has 0 atom stereocenters. The van der Waals surface area contributed by atoms with Gasteiger partial charge in [0, 0.05) is 21.9 Å². The zero-order valence-corrected chi connectivity index (χ0v) is 16.1. The van der Waals surface area contributed by atoms with Gasteiger partial charge in [-0.15, -0.1) is 0 Å². The molecule has 0 amide bonds. The van der Waals surface area contributed by atoms with E-state index in [0.717, 1.165) is 6.42 Å². The predicted molar refractivity (Wildman–Crippen MR) is 119 cm³/mol. The van der Waals surface area contributed by atoms with Crippen LogP contribution in [0.4, 0.5) is 0 Å². The molecule has 1 aliphatic rings. The summed E-state index contributed by atoms with van der Waals surface area (Å²) < 4.78 is 0. The molecule has 5 aromatic rings. The summed E-state index contributed by atoms with van der Waals surface area (Å²) in [6, 6.07) is 26.6. The van der Waals surface area contributed by atoms with Crippen molar-refractivity contribution in [3.63, 3.8) is 0 Å². The molecule has 0 spiro atoms. The average molecular weight is 359 g/mol. The Morgan fingerprint density at radius 2 is 1.46 bits per heavy atom. The predicted octanol–water partition coefficient (Wildman–Crippen LogP) is 7.18. The smallest absolute Gasteiger partial charge is 0.0547 e. The summed E-state index contributed by atoms with van der Waals surface area (Å²) in [6.45, 7) is 4.50. The molecule has 1 heterocycles. The molecular weight excluding hydrogens is 338 g/mol. The lowest BCUT2D eigenvalue weighted by Crippen LogP contribution is -1.94. The molecule has 0 saturated heterocycles. The van der Waals surface area contributed by atoms with Crippen LogP contribution in [0, 0.1) is 13.8 Å². The second-order valence-corrected chi connectivity index (χ2v) is 7.95. The highest BCUT2D eigenvalue weighted by atomic mass is 14.7. The van der Waals surface area contributed by atoms with Gasteiger partial charge in [0.15, 0.2) is 0 Å². The van der Waals surface area contributed by atoms with Gasteiger partial charge in [-0.3, -0.25) is 0 Å². The van der Waals surface area contributed by atoms with Gasteiger partial charge in [0.25, 0.3) is 0 Å². The molecule has 0 fully saturated rings. The maximum absolute atomic E-state index is 3.73. The third-order valence-corrected chi connectivity index (χ3v) is 6.44. The summed E-state index contributed by atoms with van der Waals surface area (Å²) in [4.78, 5) is 3.73. The van der Waals surface area contributed by atoms with Crippen molar-refractivity contribution in [1.29, 1.82) is 0 Å². The van der Waals surface area contributed by atoms with Crippen molar-refractivity contribution in [3.8, 4) is 22.3 Å². The van der Waals surface area contributed by atoms with Crippen LogP contribution < -0.4 is 0 Å². The summed E-state index contributed by atoms with van der Waals surface area (Å²) in [7, 11) is 0. The minimum Gasteiger partial charge on any atom is -0.354 e. The lowest BCUT2D eigenvalue weighted by atomic mass is 9.89. The SMILES string of the molecule is Cc1cc2c([nH]c3ccccc32)c(-c2cccc3c2Cc2ccccc2-3)c1C. The highest BCUT2D eigenvalue weighted by molar-refractivity contribution is 6.13. The van der Waals surface area contributed by atoms with E-state index in [1.54, 1.807) is 0 Å². The number of benzene rings is 4. The third kappa shape index (κ3) is 2.02. The molecule has 0 bridgehead atoms. The zero-order chi connectivity index (χ0) is 18.8. The summed E-state index contributed by atoms with van der Waals surface area (Å²) in [5.74, 6) is 0. The molecule has 1 heteroatoms. The van der Waals surface area contributed by atoms with E-state index in [1.807, 2.05) is 0 Å². The molecule has 1 aliphatic carbocycles. The van der Waals surface area contributed by atoms with Crippen molar-refractivity contribution in [2.24, 2.45) is 0 Å². The van der Waals surface area contributed by atoms with E-state index in [2.05, 4.69) is 91.6 Å². The lowest BCUT2D eigenvalue weighted by Gasteiger charge is -2.15. The van der Waals surface area contributed by atoms with Gasteiger partial charge in [0.1, 0.15) is 0 Å². The Kier molecular flexibility index (Phi) is 3.14. The lowest BCUT2D eigenvalue weighted by molar-refractivity contribution is 1.26. The number of nitrogens with one attached hydrogen (secondary N) is 1. The monoisotopic (exact) mass is 359 g/mol. The van der Waals surface area contributed by atoms with Crippen LogP contribution in [0.15, 0.2) is 72.8 Å². The number of para-hydroxylation sites is 1. The van der Waals surface area contributed by atoms with Crippen LogP contribution in [-0.4, -0.2) is 4.98 Å². The van der Waals surface area contributed by atoms with Crippen molar-refractivity contribution >= 4 is 21.8 Å². The van der Waals surface area contributed by atoms with Gasteiger partial charge in [-0.2, -0.15) is 0 Å². The fourth-order valence-electron chi connectivity index (χ4n) is 4.95. The first kappa shape index (κ1) is 15.7. The van der Waals surface area contributed by atoms with E-state index in [4.69, 9.17) is 0 Å². The Balaban J connectivity index is 1.72. The van der Waals surface area contributed by atoms with Crippen molar-refractivity contribution in [2.75, 3.05) is 0 Å². The van der Waals surface area contributed by atoms with Gasteiger partial charge in [-0.25, -0.2) is 0 Å². The molecule has 0 unspecified atom stereocenters. The Bertz CT molecular complexity index is 1400. The van der Waals surface area contributed by atoms with Crippen molar-refractivity contribution < 1.29 is 0 Å². The molecule has 6 rings (SSSR count). The van der Waals surface area contributed by atoms with Crippen molar-refractivity contribution in [2.45, 2.75) is 20.3 Å². The molecule has 1 aromatic heterocycles. The molecule has 4 aromatic carbocycles. The number of hydrogen-bond donors (Lipinski definition) is 1. The number of aryl methyl sites for hydroxylation is 1. The van der Waals surface area contributed by atoms with Crippen LogP contribution in [-0.2, 0) is 6.42 Å². The molecule has 0 saturated carbocycles. The van der Waals surface area contributed by atoms with E-state index < -0.39 is 0 Å². The standard InChI is InChI=1S/C27H21N/c1-16-14-24-21-10-5-6-13-25(21)28-27(24)26(17(16)2)22-12-7-11-20-19-9-4-3-8-18(19)15-23(20)22/h3-14,28H,15H2,1-2H3. The van der Waals surface area contributed by atoms with E-state index >= 15 is 0 Å². The normalized spacial score (nSPS) is 12.5. The number of rotatable bonds is 1. The number of aromatic amines is 1. The Labute approximate surface area is 164 Å². The third-order valence-electron chi connectivity index (χ3n) is 6.44. The number of hydrogen-bond acceptors (Lipinski definition) is 0. The Morgan fingerprint density at radius 3 is 2.39 bits per heavy atom. The van der Waals surface area contributed by atoms with Crippen LogP contribution >= 0.6 is 0 Å². The quantitative estimate of drug-likeness (QED) is 0.320. The van der Waals surface area contributed by atoms with E-state index in [-0.39, 0.29) is 0 Å². The Morgan fingerprint density at radius 1 is 0.714 bits per heavy atom. The molecule has 0 aliphatic heterocycles. The minimum atomic E-state index is 1.01. The molecule has 0 radical (unpaired) electrons. The number of fused-ring (bicyclic) bond motifs is 6. The van der Waals surface area contributed by atoms with Gasteiger partial charge in [0.2, 0.25) is 0 Å². The Hall–Kier alpha value is -3.32. The van der Waals surface area contributed by atoms with Gasteiger partial charge in [-0.1, -0.05) is 60.7 Å². The average Bonchev–Trinajstić information content (AvgIpc) is 3.27. The fourth-order valence-corrected chi connectivity index (χ4v) is 4.95. The van der Waals surface area contributed by atoms with Crippen molar-refractivity contribution in [1.82, 2.24) is 4.98 Å². The number of H-pyrrole nitrogens is 1. The van der Waals surface area contributed by atoms with Gasteiger partial charge >= 0.3 is 0 Å². The van der Waals surface area contributed by atoms with E-state index in [1.165, 1.54) is 66.3 Å². The van der Waals surface area contributed by atoms with E-state index in [9.17, 15) is 0 Å². The van der Waals surface area contributed by atoms with Crippen LogP contribution in [0.3, 0.4) is 0 Å². The summed E-state index contributed by atoms with van der Waals surface area (Å²) in [5, 5.41) is 2.62. The summed E-state index contributed by atoms with van der Waals surface area (Å²) >= 11 is 0. The molecule has 1 N–H and O–H groups in total. The van der Waals surface area contributed by atoms with Crippen LogP contribution in [0.1, 0.15) is 22.3 Å². The summed E-state index contributed by atoms with van der Waals surface area (Å²) in [6.07, 6.45) is 1.01.